The fourth-order valence-electron chi connectivity index (χ4n) is 2.50. The van der Waals surface area contributed by atoms with Crippen molar-refractivity contribution in [1.82, 2.24) is 10.6 Å². The molecule has 1 aromatic carbocycles. The molecule has 2 heteroatoms. The van der Waals surface area contributed by atoms with Crippen molar-refractivity contribution in [2.75, 3.05) is 14.1 Å². The molecule has 1 aromatic rings. The van der Waals surface area contributed by atoms with Gasteiger partial charge in [-0.15, -0.1) is 0 Å². The van der Waals surface area contributed by atoms with Gasteiger partial charge in [-0.1, -0.05) is 63.4 Å². The van der Waals surface area contributed by atoms with E-state index in [1.54, 1.807) is 0 Å². The van der Waals surface area contributed by atoms with Crippen LogP contribution in [0.4, 0.5) is 0 Å². The summed E-state index contributed by atoms with van der Waals surface area (Å²) in [6.07, 6.45) is 5.14. The van der Waals surface area contributed by atoms with Gasteiger partial charge in [0.05, 0.1) is 5.70 Å². The fraction of sp³-hybridized carbons (Fsp3) is 0.529. The van der Waals surface area contributed by atoms with E-state index in [0.29, 0.717) is 5.92 Å². The van der Waals surface area contributed by atoms with Crippen molar-refractivity contribution in [3.05, 3.63) is 41.6 Å². The molecule has 0 bridgehead atoms. The molecular formula is C17H28N2. The van der Waals surface area contributed by atoms with E-state index in [9.17, 15) is 0 Å². The molecule has 0 fully saturated rings. The molecule has 0 amide bonds. The Bertz CT molecular complexity index is 382. The van der Waals surface area contributed by atoms with Gasteiger partial charge in [0.15, 0.2) is 0 Å². The SMILES string of the molecule is CCCCCC(C)/C(NC)=C(/NC)c1ccccc1. The third-order valence-electron chi connectivity index (χ3n) is 3.58. The predicted molar refractivity (Wildman–Crippen MR) is 84.8 cm³/mol. The van der Waals surface area contributed by atoms with E-state index in [4.69, 9.17) is 0 Å². The number of rotatable bonds is 8. The quantitative estimate of drug-likeness (QED) is 0.690. The molecule has 1 rings (SSSR count). The van der Waals surface area contributed by atoms with E-state index >= 15 is 0 Å². The van der Waals surface area contributed by atoms with Crippen molar-refractivity contribution in [1.29, 1.82) is 0 Å². The lowest BCUT2D eigenvalue weighted by Crippen LogP contribution is -2.21. The van der Waals surface area contributed by atoms with E-state index in [-0.39, 0.29) is 0 Å². The highest BCUT2D eigenvalue weighted by molar-refractivity contribution is 5.66. The standard InChI is InChI=1S/C17H28N2/c1-5-6-8-11-14(2)16(18-3)17(19-4)15-12-9-7-10-13-15/h7,9-10,12-14,18-19H,5-6,8,11H2,1-4H3/b17-16-. The van der Waals surface area contributed by atoms with Gasteiger partial charge in [-0.05, 0) is 17.9 Å². The zero-order valence-electron chi connectivity index (χ0n) is 12.8. The van der Waals surface area contributed by atoms with E-state index < -0.39 is 0 Å². The Labute approximate surface area is 118 Å². The Morgan fingerprint density at radius 1 is 1.05 bits per heavy atom. The maximum atomic E-state index is 3.40. The number of hydrogen-bond donors (Lipinski definition) is 2. The van der Waals surface area contributed by atoms with Crippen molar-refractivity contribution >= 4 is 5.70 Å². The van der Waals surface area contributed by atoms with Crippen LogP contribution in [0.25, 0.3) is 5.70 Å². The Balaban J connectivity index is 2.91. The average molecular weight is 260 g/mol. The highest BCUT2D eigenvalue weighted by Gasteiger charge is 2.13. The van der Waals surface area contributed by atoms with Crippen LogP contribution < -0.4 is 10.6 Å². The molecule has 1 atom stereocenters. The average Bonchev–Trinajstić information content (AvgIpc) is 2.45. The second-order valence-corrected chi connectivity index (χ2v) is 5.05. The van der Waals surface area contributed by atoms with Gasteiger partial charge in [0.25, 0.3) is 0 Å². The number of benzene rings is 1. The molecule has 2 N–H and O–H groups in total. The first-order valence-corrected chi connectivity index (χ1v) is 7.39. The van der Waals surface area contributed by atoms with Gasteiger partial charge in [0.2, 0.25) is 0 Å². The van der Waals surface area contributed by atoms with Crippen LogP contribution in [-0.4, -0.2) is 14.1 Å². The van der Waals surface area contributed by atoms with Gasteiger partial charge < -0.3 is 10.6 Å². The van der Waals surface area contributed by atoms with Gasteiger partial charge in [0, 0.05) is 19.8 Å². The predicted octanol–water partition coefficient (Wildman–Crippen LogP) is 4.01. The summed E-state index contributed by atoms with van der Waals surface area (Å²) in [5, 5.41) is 6.75. The molecular weight excluding hydrogens is 232 g/mol. The molecule has 0 heterocycles. The molecule has 0 aromatic heterocycles. The molecule has 0 saturated carbocycles. The Hall–Kier alpha value is -1.44. The van der Waals surface area contributed by atoms with Crippen LogP contribution in [0, 0.1) is 5.92 Å². The Morgan fingerprint density at radius 2 is 1.74 bits per heavy atom. The van der Waals surface area contributed by atoms with Crippen molar-refractivity contribution in [2.45, 2.75) is 39.5 Å². The van der Waals surface area contributed by atoms with Gasteiger partial charge in [-0.2, -0.15) is 0 Å². The van der Waals surface area contributed by atoms with Crippen LogP contribution in [0.1, 0.15) is 45.1 Å². The van der Waals surface area contributed by atoms with Crippen LogP contribution in [0.3, 0.4) is 0 Å². The van der Waals surface area contributed by atoms with E-state index in [0.717, 1.165) is 0 Å². The zero-order chi connectivity index (χ0) is 14.1. The molecule has 0 aliphatic heterocycles. The minimum atomic E-state index is 0.555. The topological polar surface area (TPSA) is 24.1 Å². The summed E-state index contributed by atoms with van der Waals surface area (Å²) < 4.78 is 0. The van der Waals surface area contributed by atoms with Crippen molar-refractivity contribution in [3.63, 3.8) is 0 Å². The van der Waals surface area contributed by atoms with E-state index in [1.807, 2.05) is 14.1 Å². The number of nitrogens with one attached hydrogen (secondary N) is 2. The molecule has 0 aliphatic carbocycles. The first-order chi connectivity index (χ1) is 9.24. The normalized spacial score (nSPS) is 13.7. The molecule has 1 unspecified atom stereocenters. The van der Waals surface area contributed by atoms with Gasteiger partial charge >= 0.3 is 0 Å². The summed E-state index contributed by atoms with van der Waals surface area (Å²) in [5.74, 6) is 0.555. The largest absolute Gasteiger partial charge is 0.390 e. The fourth-order valence-corrected chi connectivity index (χ4v) is 2.50. The second kappa shape index (κ2) is 8.63. The lowest BCUT2D eigenvalue weighted by atomic mass is 9.96. The lowest BCUT2D eigenvalue weighted by molar-refractivity contribution is 0.532. The molecule has 0 saturated heterocycles. The monoisotopic (exact) mass is 260 g/mol. The zero-order valence-corrected chi connectivity index (χ0v) is 12.8. The van der Waals surface area contributed by atoms with Crippen molar-refractivity contribution in [2.24, 2.45) is 5.92 Å². The lowest BCUT2D eigenvalue weighted by Gasteiger charge is -2.21. The molecule has 2 nitrogen and oxygen atoms in total. The highest BCUT2D eigenvalue weighted by Crippen LogP contribution is 2.23. The highest BCUT2D eigenvalue weighted by atomic mass is 14.9. The van der Waals surface area contributed by atoms with E-state index in [2.05, 4.69) is 54.8 Å². The minimum absolute atomic E-state index is 0.555. The molecule has 0 radical (unpaired) electrons. The van der Waals surface area contributed by atoms with E-state index in [1.165, 1.54) is 42.6 Å². The summed E-state index contributed by atoms with van der Waals surface area (Å²) >= 11 is 0. The molecule has 0 aliphatic rings. The first-order valence-electron chi connectivity index (χ1n) is 7.39. The first kappa shape index (κ1) is 15.6. The third-order valence-corrected chi connectivity index (χ3v) is 3.58. The van der Waals surface area contributed by atoms with Crippen LogP contribution in [-0.2, 0) is 0 Å². The van der Waals surface area contributed by atoms with Crippen LogP contribution >= 0.6 is 0 Å². The Morgan fingerprint density at radius 3 is 2.26 bits per heavy atom. The maximum Gasteiger partial charge on any atom is 0.0606 e. The van der Waals surface area contributed by atoms with Crippen molar-refractivity contribution < 1.29 is 0 Å². The molecule has 106 valence electrons. The second-order valence-electron chi connectivity index (χ2n) is 5.05. The van der Waals surface area contributed by atoms with Crippen molar-refractivity contribution in [3.8, 4) is 0 Å². The minimum Gasteiger partial charge on any atom is -0.390 e. The van der Waals surface area contributed by atoms with Gasteiger partial charge in [0.1, 0.15) is 0 Å². The van der Waals surface area contributed by atoms with Crippen LogP contribution in [0.5, 0.6) is 0 Å². The number of allylic oxidation sites excluding steroid dienone is 1. The molecule has 0 spiro atoms. The Kier molecular flexibility index (Phi) is 7.09. The number of hydrogen-bond acceptors (Lipinski definition) is 2. The van der Waals surface area contributed by atoms with Crippen LogP contribution in [0.2, 0.25) is 0 Å². The number of unbranched alkanes of at least 4 members (excludes halogenated alkanes) is 2. The summed E-state index contributed by atoms with van der Waals surface area (Å²) in [4.78, 5) is 0. The smallest absolute Gasteiger partial charge is 0.0606 e. The maximum absolute atomic E-state index is 3.40. The third kappa shape index (κ3) is 4.62. The summed E-state index contributed by atoms with van der Waals surface area (Å²) in [5.41, 5.74) is 3.77. The summed E-state index contributed by atoms with van der Waals surface area (Å²) in [6, 6.07) is 10.5. The van der Waals surface area contributed by atoms with Gasteiger partial charge in [-0.25, -0.2) is 0 Å². The summed E-state index contributed by atoms with van der Waals surface area (Å²) in [7, 11) is 4.02. The summed E-state index contributed by atoms with van der Waals surface area (Å²) in [6.45, 7) is 4.56. The molecule has 19 heavy (non-hydrogen) atoms. The van der Waals surface area contributed by atoms with Gasteiger partial charge in [-0.3, -0.25) is 0 Å². The van der Waals surface area contributed by atoms with Crippen LogP contribution in [0.15, 0.2) is 36.0 Å².